The second kappa shape index (κ2) is 7.10. The van der Waals surface area contributed by atoms with Crippen molar-refractivity contribution in [2.75, 3.05) is 32.7 Å². The molecule has 0 bridgehead atoms. The lowest BCUT2D eigenvalue weighted by atomic mass is 9.99. The van der Waals surface area contributed by atoms with Gasteiger partial charge in [-0.2, -0.15) is 0 Å². The SMILES string of the molecule is CC1CCN(CCNC(=O)CC2CCCN2)CC1. The van der Waals surface area contributed by atoms with E-state index in [1.807, 2.05) is 0 Å². The summed E-state index contributed by atoms with van der Waals surface area (Å²) >= 11 is 0. The van der Waals surface area contributed by atoms with Crippen LogP contribution < -0.4 is 10.6 Å². The van der Waals surface area contributed by atoms with Crippen LogP contribution in [0.1, 0.15) is 39.0 Å². The predicted octanol–water partition coefficient (Wildman–Crippen LogP) is 0.977. The Kier molecular flexibility index (Phi) is 5.45. The molecular weight excluding hydrogens is 226 g/mol. The molecule has 1 unspecified atom stereocenters. The average molecular weight is 253 g/mol. The molecule has 104 valence electrons. The Morgan fingerprint density at radius 1 is 1.33 bits per heavy atom. The molecule has 2 heterocycles. The predicted molar refractivity (Wildman–Crippen MR) is 73.5 cm³/mol. The molecule has 0 aromatic heterocycles. The van der Waals surface area contributed by atoms with Crippen molar-refractivity contribution in [3.63, 3.8) is 0 Å². The van der Waals surface area contributed by atoms with E-state index in [0.717, 1.165) is 32.0 Å². The van der Waals surface area contributed by atoms with Gasteiger partial charge in [-0.3, -0.25) is 4.79 Å². The summed E-state index contributed by atoms with van der Waals surface area (Å²) in [6, 6.07) is 0.417. The summed E-state index contributed by atoms with van der Waals surface area (Å²) in [7, 11) is 0. The monoisotopic (exact) mass is 253 g/mol. The highest BCUT2D eigenvalue weighted by Gasteiger charge is 2.18. The molecule has 0 radical (unpaired) electrons. The number of rotatable bonds is 5. The van der Waals surface area contributed by atoms with Gasteiger partial charge in [0.15, 0.2) is 0 Å². The highest BCUT2D eigenvalue weighted by Crippen LogP contribution is 2.15. The standard InChI is InChI=1S/C14H27N3O/c1-12-4-8-17(9-5-12)10-7-16-14(18)11-13-3-2-6-15-13/h12-13,15H,2-11H2,1H3,(H,16,18). The van der Waals surface area contributed by atoms with E-state index < -0.39 is 0 Å². The minimum Gasteiger partial charge on any atom is -0.355 e. The van der Waals surface area contributed by atoms with E-state index in [1.54, 1.807) is 0 Å². The third-order valence-corrected chi connectivity index (χ3v) is 4.22. The van der Waals surface area contributed by atoms with Crippen LogP contribution in [-0.2, 0) is 4.79 Å². The maximum atomic E-state index is 11.7. The van der Waals surface area contributed by atoms with Crippen molar-refractivity contribution in [2.45, 2.75) is 45.1 Å². The fourth-order valence-corrected chi connectivity index (χ4v) is 2.87. The first kappa shape index (κ1) is 13.8. The molecule has 0 aliphatic carbocycles. The molecule has 0 saturated carbocycles. The highest BCUT2D eigenvalue weighted by molar-refractivity contribution is 5.76. The van der Waals surface area contributed by atoms with E-state index in [2.05, 4.69) is 22.5 Å². The first-order valence-corrected chi connectivity index (χ1v) is 7.46. The van der Waals surface area contributed by atoms with Gasteiger partial charge in [-0.1, -0.05) is 6.92 Å². The van der Waals surface area contributed by atoms with E-state index in [-0.39, 0.29) is 5.91 Å². The third kappa shape index (κ3) is 4.58. The summed E-state index contributed by atoms with van der Waals surface area (Å²) in [5.74, 6) is 1.09. The van der Waals surface area contributed by atoms with Gasteiger partial charge in [-0.05, 0) is 51.2 Å². The molecule has 2 saturated heterocycles. The van der Waals surface area contributed by atoms with Gasteiger partial charge in [-0.25, -0.2) is 0 Å². The van der Waals surface area contributed by atoms with Gasteiger partial charge in [0.2, 0.25) is 5.91 Å². The summed E-state index contributed by atoms with van der Waals surface area (Å²) in [5.41, 5.74) is 0. The smallest absolute Gasteiger partial charge is 0.221 e. The number of hydrogen-bond acceptors (Lipinski definition) is 3. The van der Waals surface area contributed by atoms with Gasteiger partial charge >= 0.3 is 0 Å². The number of carbonyl (C=O) groups is 1. The lowest BCUT2D eigenvalue weighted by molar-refractivity contribution is -0.121. The van der Waals surface area contributed by atoms with Gasteiger partial charge in [0.05, 0.1) is 0 Å². The molecule has 4 nitrogen and oxygen atoms in total. The van der Waals surface area contributed by atoms with Crippen LogP contribution in [0.15, 0.2) is 0 Å². The average Bonchev–Trinajstić information content (AvgIpc) is 2.84. The van der Waals surface area contributed by atoms with Crippen LogP contribution in [0.25, 0.3) is 0 Å². The van der Waals surface area contributed by atoms with E-state index in [4.69, 9.17) is 0 Å². The fourth-order valence-electron chi connectivity index (χ4n) is 2.87. The quantitative estimate of drug-likeness (QED) is 0.767. The van der Waals surface area contributed by atoms with Gasteiger partial charge in [-0.15, -0.1) is 0 Å². The lowest BCUT2D eigenvalue weighted by Crippen LogP contribution is -2.40. The second-order valence-electron chi connectivity index (χ2n) is 5.87. The van der Waals surface area contributed by atoms with Crippen molar-refractivity contribution in [3.8, 4) is 0 Å². The lowest BCUT2D eigenvalue weighted by Gasteiger charge is -2.30. The molecule has 2 N–H and O–H groups in total. The first-order chi connectivity index (χ1) is 8.74. The van der Waals surface area contributed by atoms with E-state index in [0.29, 0.717) is 12.5 Å². The van der Waals surface area contributed by atoms with Gasteiger partial charge in [0.1, 0.15) is 0 Å². The van der Waals surface area contributed by atoms with Crippen LogP contribution in [0.5, 0.6) is 0 Å². The second-order valence-corrected chi connectivity index (χ2v) is 5.87. The highest BCUT2D eigenvalue weighted by atomic mass is 16.1. The minimum atomic E-state index is 0.208. The molecule has 0 aromatic rings. The molecule has 1 atom stereocenters. The van der Waals surface area contributed by atoms with Crippen LogP contribution in [0, 0.1) is 5.92 Å². The van der Waals surface area contributed by atoms with Crippen molar-refractivity contribution < 1.29 is 4.79 Å². The summed E-state index contributed by atoms with van der Waals surface area (Å²) in [6.07, 6.45) is 5.62. The summed E-state index contributed by atoms with van der Waals surface area (Å²) < 4.78 is 0. The van der Waals surface area contributed by atoms with Crippen molar-refractivity contribution in [2.24, 2.45) is 5.92 Å². The van der Waals surface area contributed by atoms with Crippen LogP contribution in [0.4, 0.5) is 0 Å². The van der Waals surface area contributed by atoms with Gasteiger partial charge in [0.25, 0.3) is 0 Å². The molecular formula is C14H27N3O. The van der Waals surface area contributed by atoms with E-state index in [1.165, 1.54) is 32.4 Å². The zero-order valence-corrected chi connectivity index (χ0v) is 11.6. The van der Waals surface area contributed by atoms with Gasteiger partial charge in [0, 0.05) is 25.6 Å². The van der Waals surface area contributed by atoms with Crippen molar-refractivity contribution in [1.29, 1.82) is 0 Å². The van der Waals surface area contributed by atoms with Crippen LogP contribution in [-0.4, -0.2) is 49.6 Å². The Bertz CT molecular complexity index is 256. The molecule has 0 spiro atoms. The van der Waals surface area contributed by atoms with Crippen molar-refractivity contribution in [3.05, 3.63) is 0 Å². The maximum absolute atomic E-state index is 11.7. The Morgan fingerprint density at radius 3 is 2.78 bits per heavy atom. The van der Waals surface area contributed by atoms with E-state index in [9.17, 15) is 4.79 Å². The third-order valence-electron chi connectivity index (χ3n) is 4.22. The molecule has 0 aromatic carbocycles. The molecule has 4 heteroatoms. The molecule has 18 heavy (non-hydrogen) atoms. The Labute approximate surface area is 110 Å². The van der Waals surface area contributed by atoms with Crippen molar-refractivity contribution >= 4 is 5.91 Å². The van der Waals surface area contributed by atoms with Crippen LogP contribution in [0.2, 0.25) is 0 Å². The summed E-state index contributed by atoms with van der Waals surface area (Å²) in [4.78, 5) is 14.2. The largest absolute Gasteiger partial charge is 0.355 e. The fraction of sp³-hybridized carbons (Fsp3) is 0.929. The number of nitrogens with one attached hydrogen (secondary N) is 2. The topological polar surface area (TPSA) is 44.4 Å². The first-order valence-electron chi connectivity index (χ1n) is 7.46. The Morgan fingerprint density at radius 2 is 2.11 bits per heavy atom. The van der Waals surface area contributed by atoms with E-state index >= 15 is 0 Å². The number of hydrogen-bond donors (Lipinski definition) is 2. The number of likely N-dealkylation sites (tertiary alicyclic amines) is 1. The summed E-state index contributed by atoms with van der Waals surface area (Å²) in [5, 5.41) is 6.41. The number of nitrogens with zero attached hydrogens (tertiary/aromatic N) is 1. The Hall–Kier alpha value is -0.610. The van der Waals surface area contributed by atoms with Crippen molar-refractivity contribution in [1.82, 2.24) is 15.5 Å². The normalized spacial score (nSPS) is 26.4. The molecule has 1 amide bonds. The minimum absolute atomic E-state index is 0.208. The summed E-state index contributed by atoms with van der Waals surface area (Å²) in [6.45, 7) is 7.61. The van der Waals surface area contributed by atoms with Crippen LogP contribution >= 0.6 is 0 Å². The Balaban J connectivity index is 1.53. The number of carbonyl (C=O) groups excluding carboxylic acids is 1. The molecule has 2 rings (SSSR count). The number of piperidine rings is 1. The van der Waals surface area contributed by atoms with Gasteiger partial charge < -0.3 is 15.5 Å². The zero-order chi connectivity index (χ0) is 12.8. The molecule has 2 aliphatic heterocycles. The maximum Gasteiger partial charge on any atom is 0.221 e. The molecule has 2 fully saturated rings. The zero-order valence-electron chi connectivity index (χ0n) is 11.6. The molecule has 2 aliphatic rings. The van der Waals surface area contributed by atoms with Crippen LogP contribution in [0.3, 0.4) is 0 Å². The number of amides is 1.